The Hall–Kier alpha value is -1.77. The lowest BCUT2D eigenvalue weighted by Gasteiger charge is -2.09. The van der Waals surface area contributed by atoms with Gasteiger partial charge in [-0.15, -0.1) is 0 Å². The maximum atomic E-state index is 5.53. The van der Waals surface area contributed by atoms with E-state index in [9.17, 15) is 0 Å². The van der Waals surface area contributed by atoms with Gasteiger partial charge in [-0.1, -0.05) is 0 Å². The smallest absolute Gasteiger partial charge is 0.363 e. The van der Waals surface area contributed by atoms with Crippen LogP contribution in [0.15, 0.2) is 34.9 Å². The molecule has 0 aliphatic heterocycles. The second-order valence-electron chi connectivity index (χ2n) is 3.32. The van der Waals surface area contributed by atoms with Gasteiger partial charge in [0, 0.05) is 12.1 Å². The summed E-state index contributed by atoms with van der Waals surface area (Å²) in [6.07, 6.45) is 1.65. The number of hydrogen-bond acceptors (Lipinski definition) is 2. The summed E-state index contributed by atoms with van der Waals surface area (Å²) in [5, 5.41) is 1.01. The Labute approximate surface area is 94.6 Å². The van der Waals surface area contributed by atoms with Crippen LogP contribution in [0.5, 0.6) is 11.5 Å². The third-order valence-electron chi connectivity index (χ3n) is 2.23. The lowest BCUT2D eigenvalue weighted by atomic mass is 10.2. The van der Waals surface area contributed by atoms with Crippen LogP contribution in [0.2, 0.25) is 0 Å². The molecule has 1 aromatic heterocycles. The van der Waals surface area contributed by atoms with E-state index in [4.69, 9.17) is 13.9 Å². The monoisotopic (exact) mass is 219 g/mol. The molecule has 3 nitrogen and oxygen atoms in total. The van der Waals surface area contributed by atoms with Crippen molar-refractivity contribution in [3.8, 4) is 11.5 Å². The molecule has 0 amide bonds. The minimum Gasteiger partial charge on any atom is -0.490 e. The van der Waals surface area contributed by atoms with E-state index in [1.165, 1.54) is 0 Å². The first kappa shape index (κ1) is 10.7. The van der Waals surface area contributed by atoms with Crippen molar-refractivity contribution >= 4 is 11.0 Å². The highest BCUT2D eigenvalue weighted by molar-refractivity contribution is 5.80. The Kier molecular flexibility index (Phi) is 3.25. The van der Waals surface area contributed by atoms with Gasteiger partial charge < -0.3 is 9.47 Å². The molecule has 0 bridgehead atoms. The Bertz CT molecular complexity index is 435. The standard InChI is InChI=1S/C13H15O3/c1-3-14-12-8-10-6-5-7-16-11(10)9-13(12)15-4-2/h5-9H,3-4H2,1-2H3/q+1. The van der Waals surface area contributed by atoms with Gasteiger partial charge in [0.15, 0.2) is 11.5 Å². The summed E-state index contributed by atoms with van der Waals surface area (Å²) in [6, 6.07) is 7.65. The zero-order valence-electron chi connectivity index (χ0n) is 9.53. The molecule has 0 aliphatic carbocycles. The third kappa shape index (κ3) is 2.08. The summed E-state index contributed by atoms with van der Waals surface area (Å²) in [5.74, 6) is 1.49. The quantitative estimate of drug-likeness (QED) is 0.737. The number of fused-ring (bicyclic) bond motifs is 1. The van der Waals surface area contributed by atoms with Gasteiger partial charge in [-0.3, -0.25) is 0 Å². The van der Waals surface area contributed by atoms with Crippen LogP contribution in [0, 0.1) is 0 Å². The molecule has 0 spiro atoms. The summed E-state index contributed by atoms with van der Waals surface area (Å²) in [4.78, 5) is 0. The molecule has 0 unspecified atom stereocenters. The number of rotatable bonds is 4. The second-order valence-corrected chi connectivity index (χ2v) is 3.32. The van der Waals surface area contributed by atoms with E-state index < -0.39 is 0 Å². The molecule has 16 heavy (non-hydrogen) atoms. The van der Waals surface area contributed by atoms with Gasteiger partial charge in [0.1, 0.15) is 0 Å². The Morgan fingerprint density at radius 2 is 1.75 bits per heavy atom. The first-order valence-corrected chi connectivity index (χ1v) is 5.45. The van der Waals surface area contributed by atoms with Crippen LogP contribution >= 0.6 is 0 Å². The Balaban J connectivity index is 2.51. The SMILES string of the molecule is CCOc1cc2ccc[o+]c2cc1OCC. The van der Waals surface area contributed by atoms with Gasteiger partial charge in [-0.05, 0) is 19.9 Å². The fraction of sp³-hybridized carbons (Fsp3) is 0.308. The molecule has 2 rings (SSSR count). The number of ether oxygens (including phenoxy) is 2. The molecule has 0 N–H and O–H groups in total. The van der Waals surface area contributed by atoms with Crippen LogP contribution in [-0.4, -0.2) is 13.2 Å². The molecular weight excluding hydrogens is 204 g/mol. The molecule has 2 aromatic rings. The fourth-order valence-corrected chi connectivity index (χ4v) is 1.58. The van der Waals surface area contributed by atoms with E-state index in [1.807, 2.05) is 38.1 Å². The van der Waals surface area contributed by atoms with Crippen LogP contribution in [0.25, 0.3) is 11.0 Å². The van der Waals surface area contributed by atoms with E-state index in [0.29, 0.717) is 13.2 Å². The van der Waals surface area contributed by atoms with Gasteiger partial charge in [0.2, 0.25) is 0 Å². The predicted molar refractivity (Wildman–Crippen MR) is 63.0 cm³/mol. The first-order chi connectivity index (χ1) is 7.85. The topological polar surface area (TPSA) is 29.8 Å². The van der Waals surface area contributed by atoms with Gasteiger partial charge in [-0.2, -0.15) is 0 Å². The van der Waals surface area contributed by atoms with Crippen molar-refractivity contribution in [2.45, 2.75) is 13.8 Å². The predicted octanol–water partition coefficient (Wildman–Crippen LogP) is 3.51. The highest BCUT2D eigenvalue weighted by atomic mass is 16.5. The zero-order chi connectivity index (χ0) is 11.4. The second kappa shape index (κ2) is 4.84. The minimum atomic E-state index is 0.610. The van der Waals surface area contributed by atoms with Crippen LogP contribution in [0.3, 0.4) is 0 Å². The lowest BCUT2D eigenvalue weighted by molar-refractivity contribution is 0.288. The molecule has 0 radical (unpaired) electrons. The van der Waals surface area contributed by atoms with Crippen molar-refractivity contribution in [2.75, 3.05) is 13.2 Å². The normalized spacial score (nSPS) is 10.4. The van der Waals surface area contributed by atoms with E-state index in [2.05, 4.69) is 0 Å². The Morgan fingerprint density at radius 1 is 1.06 bits per heavy atom. The number of benzene rings is 1. The first-order valence-electron chi connectivity index (χ1n) is 5.45. The van der Waals surface area contributed by atoms with Crippen molar-refractivity contribution in [3.05, 3.63) is 30.5 Å². The van der Waals surface area contributed by atoms with Crippen LogP contribution in [0.4, 0.5) is 0 Å². The Morgan fingerprint density at radius 3 is 2.44 bits per heavy atom. The highest BCUT2D eigenvalue weighted by Crippen LogP contribution is 2.32. The summed E-state index contributed by atoms with van der Waals surface area (Å²) < 4.78 is 16.4. The zero-order valence-corrected chi connectivity index (χ0v) is 9.53. The molecule has 0 saturated heterocycles. The van der Waals surface area contributed by atoms with E-state index in [1.54, 1.807) is 6.26 Å². The molecular formula is C13H15O3+. The van der Waals surface area contributed by atoms with E-state index in [-0.39, 0.29) is 0 Å². The van der Waals surface area contributed by atoms with Crippen molar-refractivity contribution in [3.63, 3.8) is 0 Å². The average Bonchev–Trinajstić information content (AvgIpc) is 2.30. The van der Waals surface area contributed by atoms with E-state index >= 15 is 0 Å². The van der Waals surface area contributed by atoms with Gasteiger partial charge in [0.05, 0.1) is 24.7 Å². The third-order valence-corrected chi connectivity index (χ3v) is 2.23. The van der Waals surface area contributed by atoms with Gasteiger partial charge >= 0.3 is 11.8 Å². The molecule has 0 aliphatic rings. The summed E-state index contributed by atoms with van der Waals surface area (Å²) in [5.41, 5.74) is 0.800. The van der Waals surface area contributed by atoms with Gasteiger partial charge in [0.25, 0.3) is 0 Å². The van der Waals surface area contributed by atoms with Crippen molar-refractivity contribution in [1.29, 1.82) is 0 Å². The molecule has 0 atom stereocenters. The molecule has 1 heterocycles. The van der Waals surface area contributed by atoms with Crippen molar-refractivity contribution < 1.29 is 13.9 Å². The maximum Gasteiger partial charge on any atom is 0.363 e. The van der Waals surface area contributed by atoms with Crippen LogP contribution in [0.1, 0.15) is 13.8 Å². The van der Waals surface area contributed by atoms with Crippen LogP contribution in [-0.2, 0) is 0 Å². The molecule has 3 heteroatoms. The van der Waals surface area contributed by atoms with Crippen molar-refractivity contribution in [1.82, 2.24) is 0 Å². The molecule has 84 valence electrons. The molecule has 0 fully saturated rings. The molecule has 1 aromatic carbocycles. The van der Waals surface area contributed by atoms with Crippen LogP contribution < -0.4 is 9.47 Å². The minimum absolute atomic E-state index is 0.610. The highest BCUT2D eigenvalue weighted by Gasteiger charge is 2.13. The van der Waals surface area contributed by atoms with E-state index in [0.717, 1.165) is 22.5 Å². The summed E-state index contributed by atoms with van der Waals surface area (Å²) in [6.45, 7) is 5.13. The average molecular weight is 219 g/mol. The summed E-state index contributed by atoms with van der Waals surface area (Å²) in [7, 11) is 0. The van der Waals surface area contributed by atoms with Gasteiger partial charge in [-0.25, -0.2) is 4.42 Å². The van der Waals surface area contributed by atoms with Crippen molar-refractivity contribution in [2.24, 2.45) is 0 Å². The summed E-state index contributed by atoms with van der Waals surface area (Å²) >= 11 is 0. The maximum absolute atomic E-state index is 5.53. The largest absolute Gasteiger partial charge is 0.490 e. The number of hydrogen-bond donors (Lipinski definition) is 0. The fourth-order valence-electron chi connectivity index (χ4n) is 1.58. The molecule has 0 saturated carbocycles. The lowest BCUT2D eigenvalue weighted by Crippen LogP contribution is -1.98.